The van der Waals surface area contributed by atoms with Crippen molar-refractivity contribution in [2.75, 3.05) is 0 Å². The molecule has 222 valence electrons. The van der Waals surface area contributed by atoms with Crippen LogP contribution in [-0.4, -0.2) is 0 Å². The Bertz CT molecular complexity index is 2420. The van der Waals surface area contributed by atoms with E-state index in [4.69, 9.17) is 0 Å². The van der Waals surface area contributed by atoms with Crippen LogP contribution in [-0.2, 0) is 5.41 Å². The lowest BCUT2D eigenvalue weighted by molar-refractivity contribution is 0.660. The maximum Gasteiger partial charge on any atom is 0.0159 e. The maximum atomic E-state index is 2.42. The van der Waals surface area contributed by atoms with Crippen LogP contribution in [0.5, 0.6) is 0 Å². The molecule has 47 heavy (non-hydrogen) atoms. The molecule has 0 nitrogen and oxygen atoms in total. The van der Waals surface area contributed by atoms with Crippen molar-refractivity contribution in [3.05, 3.63) is 181 Å². The summed E-state index contributed by atoms with van der Waals surface area (Å²) in [7, 11) is 0. The topological polar surface area (TPSA) is 0 Å². The zero-order valence-electron chi connectivity index (χ0n) is 26.7. The van der Waals surface area contributed by atoms with Gasteiger partial charge in [-0.15, -0.1) is 0 Å². The smallest absolute Gasteiger partial charge is 0.0159 e. The lowest BCUT2D eigenvalue weighted by Crippen LogP contribution is -2.14. The third kappa shape index (κ3) is 4.37. The average molecular weight is 599 g/mol. The first-order chi connectivity index (χ1) is 23.1. The van der Waals surface area contributed by atoms with Gasteiger partial charge in [-0.2, -0.15) is 0 Å². The molecule has 0 bridgehead atoms. The van der Waals surface area contributed by atoms with Gasteiger partial charge in [-0.05, 0) is 107 Å². The van der Waals surface area contributed by atoms with Crippen LogP contribution in [0, 0.1) is 0 Å². The van der Waals surface area contributed by atoms with E-state index in [-0.39, 0.29) is 5.41 Å². The molecule has 8 aromatic carbocycles. The summed E-state index contributed by atoms with van der Waals surface area (Å²) in [6.45, 7) is 4.71. The van der Waals surface area contributed by atoms with E-state index in [0.29, 0.717) is 0 Å². The third-order valence-corrected chi connectivity index (χ3v) is 10.3. The summed E-state index contributed by atoms with van der Waals surface area (Å²) in [5.41, 5.74) is 15.5. The zero-order chi connectivity index (χ0) is 31.5. The van der Waals surface area contributed by atoms with Gasteiger partial charge < -0.3 is 0 Å². The van der Waals surface area contributed by atoms with Crippen LogP contribution < -0.4 is 0 Å². The molecule has 0 fully saturated rings. The van der Waals surface area contributed by atoms with Crippen molar-refractivity contribution in [1.29, 1.82) is 0 Å². The van der Waals surface area contributed by atoms with Gasteiger partial charge in [-0.1, -0.05) is 166 Å². The normalized spacial score (nSPS) is 13.1. The molecule has 0 atom stereocenters. The van der Waals surface area contributed by atoms with Crippen molar-refractivity contribution >= 4 is 21.5 Å². The molecule has 0 heterocycles. The summed E-state index contributed by atoms with van der Waals surface area (Å²) in [5.74, 6) is 0. The van der Waals surface area contributed by atoms with Crippen molar-refractivity contribution in [3.63, 3.8) is 0 Å². The summed E-state index contributed by atoms with van der Waals surface area (Å²) in [5, 5.41) is 5.09. The van der Waals surface area contributed by atoms with Gasteiger partial charge in [0, 0.05) is 5.41 Å². The maximum absolute atomic E-state index is 2.42. The lowest BCUT2D eigenvalue weighted by Gasteiger charge is -2.22. The first-order valence-corrected chi connectivity index (χ1v) is 16.5. The second-order valence-electron chi connectivity index (χ2n) is 13.3. The fourth-order valence-corrected chi connectivity index (χ4v) is 7.97. The van der Waals surface area contributed by atoms with Gasteiger partial charge in [-0.25, -0.2) is 0 Å². The molecular weight excluding hydrogens is 565 g/mol. The van der Waals surface area contributed by atoms with Crippen LogP contribution in [0.15, 0.2) is 170 Å². The highest BCUT2D eigenvalue weighted by molar-refractivity contribution is 6.21. The molecule has 0 aliphatic heterocycles. The first-order valence-electron chi connectivity index (χ1n) is 16.5. The molecule has 9 rings (SSSR count). The van der Waals surface area contributed by atoms with Crippen LogP contribution >= 0.6 is 0 Å². The summed E-state index contributed by atoms with van der Waals surface area (Å²) in [6, 6.07) is 62.6. The standard InChI is InChI=1S/C47H34/c1-47(2)43-25-11-10-20-37(43)38-27-26-34(30-44(38)47)33-17-13-19-36(29-33)46-41-23-8-6-21-39(41)45(40-22-7-9-24-42(40)46)35-18-12-16-32(28-35)31-14-4-3-5-15-31/h3-30H,1-2H3. The Labute approximate surface area is 276 Å². The van der Waals surface area contributed by atoms with Crippen LogP contribution in [0.4, 0.5) is 0 Å². The Morgan fingerprint density at radius 2 is 0.723 bits per heavy atom. The predicted molar refractivity (Wildman–Crippen MR) is 201 cm³/mol. The number of hydrogen-bond acceptors (Lipinski definition) is 0. The van der Waals surface area contributed by atoms with Crippen LogP contribution in [0.2, 0.25) is 0 Å². The molecule has 0 radical (unpaired) electrons. The quantitative estimate of drug-likeness (QED) is 0.177. The molecule has 0 saturated carbocycles. The van der Waals surface area contributed by atoms with Crippen molar-refractivity contribution < 1.29 is 0 Å². The van der Waals surface area contributed by atoms with E-state index in [2.05, 4.69) is 184 Å². The average Bonchev–Trinajstić information content (AvgIpc) is 3.36. The van der Waals surface area contributed by atoms with Crippen LogP contribution in [0.3, 0.4) is 0 Å². The number of fused-ring (bicyclic) bond motifs is 5. The molecule has 1 aliphatic carbocycles. The lowest BCUT2D eigenvalue weighted by atomic mass is 9.81. The van der Waals surface area contributed by atoms with Crippen molar-refractivity contribution in [3.8, 4) is 55.6 Å². The summed E-state index contributed by atoms with van der Waals surface area (Å²) < 4.78 is 0. The summed E-state index contributed by atoms with van der Waals surface area (Å²) in [6.07, 6.45) is 0. The molecule has 0 N–H and O–H groups in total. The van der Waals surface area contributed by atoms with E-state index in [9.17, 15) is 0 Å². The molecule has 0 spiro atoms. The van der Waals surface area contributed by atoms with E-state index in [1.165, 1.54) is 88.3 Å². The molecule has 1 aliphatic rings. The van der Waals surface area contributed by atoms with Crippen molar-refractivity contribution in [2.45, 2.75) is 19.3 Å². The Balaban J connectivity index is 1.23. The largest absolute Gasteiger partial charge is 0.0622 e. The Hall–Kier alpha value is -5.72. The molecule has 0 amide bonds. The van der Waals surface area contributed by atoms with E-state index in [1.807, 2.05) is 0 Å². The van der Waals surface area contributed by atoms with Crippen molar-refractivity contribution in [2.24, 2.45) is 0 Å². The predicted octanol–water partition coefficient (Wildman–Crippen LogP) is 13.0. The molecule has 0 unspecified atom stereocenters. The van der Waals surface area contributed by atoms with Gasteiger partial charge in [0.25, 0.3) is 0 Å². The minimum atomic E-state index is -0.0282. The van der Waals surface area contributed by atoms with E-state index < -0.39 is 0 Å². The SMILES string of the molecule is CC1(C)c2ccccc2-c2ccc(-c3cccc(-c4c5ccccc5c(-c5cccc(-c6ccccc6)c5)c5ccccc45)c3)cc21. The van der Waals surface area contributed by atoms with E-state index >= 15 is 0 Å². The zero-order valence-corrected chi connectivity index (χ0v) is 26.7. The second kappa shape index (κ2) is 10.7. The molecule has 0 heteroatoms. The minimum Gasteiger partial charge on any atom is -0.0622 e. The Morgan fingerprint density at radius 1 is 0.298 bits per heavy atom. The molecular formula is C47H34. The highest BCUT2D eigenvalue weighted by Crippen LogP contribution is 2.50. The van der Waals surface area contributed by atoms with Crippen LogP contribution in [0.1, 0.15) is 25.0 Å². The highest BCUT2D eigenvalue weighted by atomic mass is 14.4. The van der Waals surface area contributed by atoms with E-state index in [1.54, 1.807) is 0 Å². The second-order valence-corrected chi connectivity index (χ2v) is 13.3. The van der Waals surface area contributed by atoms with Crippen LogP contribution in [0.25, 0.3) is 77.2 Å². The molecule has 8 aromatic rings. The summed E-state index contributed by atoms with van der Waals surface area (Å²) in [4.78, 5) is 0. The fourth-order valence-electron chi connectivity index (χ4n) is 7.97. The summed E-state index contributed by atoms with van der Waals surface area (Å²) >= 11 is 0. The number of rotatable bonds is 4. The van der Waals surface area contributed by atoms with Gasteiger partial charge >= 0.3 is 0 Å². The Kier molecular flexibility index (Phi) is 6.27. The van der Waals surface area contributed by atoms with E-state index in [0.717, 1.165) is 0 Å². The molecule has 0 saturated heterocycles. The minimum absolute atomic E-state index is 0.0282. The third-order valence-electron chi connectivity index (χ3n) is 10.3. The van der Waals surface area contributed by atoms with Gasteiger partial charge in [0.1, 0.15) is 0 Å². The van der Waals surface area contributed by atoms with Gasteiger partial charge in [0.15, 0.2) is 0 Å². The van der Waals surface area contributed by atoms with Gasteiger partial charge in [0.2, 0.25) is 0 Å². The number of hydrogen-bond donors (Lipinski definition) is 0. The fraction of sp³-hybridized carbons (Fsp3) is 0.0638. The first kappa shape index (κ1) is 27.6. The Morgan fingerprint density at radius 3 is 1.32 bits per heavy atom. The number of benzene rings is 8. The van der Waals surface area contributed by atoms with Crippen molar-refractivity contribution in [1.82, 2.24) is 0 Å². The monoisotopic (exact) mass is 598 g/mol. The van der Waals surface area contributed by atoms with Gasteiger partial charge in [0.05, 0.1) is 0 Å². The van der Waals surface area contributed by atoms with Gasteiger partial charge in [-0.3, -0.25) is 0 Å². The highest BCUT2D eigenvalue weighted by Gasteiger charge is 2.35. The molecule has 0 aromatic heterocycles.